The molecule has 1 aliphatic rings. The molecule has 2 heterocycles. The van der Waals surface area contributed by atoms with Crippen LogP contribution in [0.5, 0.6) is 5.75 Å². The van der Waals surface area contributed by atoms with E-state index >= 15 is 0 Å². The van der Waals surface area contributed by atoms with Gasteiger partial charge in [0.25, 0.3) is 5.91 Å². The Kier molecular flexibility index (Phi) is 2.68. The van der Waals surface area contributed by atoms with E-state index in [9.17, 15) is 4.79 Å². The van der Waals surface area contributed by atoms with E-state index in [2.05, 4.69) is 10.3 Å². The lowest BCUT2D eigenvalue weighted by atomic mass is 10.1. The summed E-state index contributed by atoms with van der Waals surface area (Å²) in [6, 6.07) is 9.25. The van der Waals surface area contributed by atoms with Crippen molar-refractivity contribution in [3.63, 3.8) is 0 Å². The van der Waals surface area contributed by atoms with Crippen molar-refractivity contribution in [2.75, 3.05) is 11.9 Å². The molecule has 0 fully saturated rings. The molecule has 1 aromatic carbocycles. The molecule has 4 heteroatoms. The molecule has 3 rings (SSSR count). The largest absolute Gasteiger partial charge is 0.491 e. The number of hydrogen-bond donors (Lipinski definition) is 1. The molecule has 1 aliphatic heterocycles. The van der Waals surface area contributed by atoms with E-state index in [0.29, 0.717) is 12.2 Å². The van der Waals surface area contributed by atoms with Gasteiger partial charge in [-0.1, -0.05) is 12.1 Å². The van der Waals surface area contributed by atoms with Gasteiger partial charge in [-0.25, -0.2) is 0 Å². The summed E-state index contributed by atoms with van der Waals surface area (Å²) in [5, 5.41) is 2.85. The summed E-state index contributed by atoms with van der Waals surface area (Å²) in [6.45, 7) is 0.676. The lowest BCUT2D eigenvalue weighted by Gasteiger charge is -2.09. The van der Waals surface area contributed by atoms with Crippen molar-refractivity contribution in [1.29, 1.82) is 0 Å². The molecule has 0 radical (unpaired) electrons. The summed E-state index contributed by atoms with van der Waals surface area (Å²) in [4.78, 5) is 15.9. The number of anilines is 1. The highest BCUT2D eigenvalue weighted by molar-refractivity contribution is 6.04. The quantitative estimate of drug-likeness (QED) is 0.876. The summed E-state index contributed by atoms with van der Waals surface area (Å²) < 4.78 is 5.54. The number of ether oxygens (including phenoxy) is 1. The molecular formula is C14H12N2O2. The van der Waals surface area contributed by atoms with Gasteiger partial charge in [0.2, 0.25) is 0 Å². The summed E-state index contributed by atoms with van der Waals surface area (Å²) >= 11 is 0. The van der Waals surface area contributed by atoms with Crippen molar-refractivity contribution in [3.05, 3.63) is 53.9 Å². The zero-order valence-corrected chi connectivity index (χ0v) is 9.72. The van der Waals surface area contributed by atoms with E-state index in [1.807, 2.05) is 18.2 Å². The number of nitrogens with one attached hydrogen (secondary N) is 1. The Morgan fingerprint density at radius 2 is 2.22 bits per heavy atom. The Balaban J connectivity index is 1.86. The highest BCUT2D eigenvalue weighted by atomic mass is 16.5. The SMILES string of the molecule is O=C(Nc1cccc2c1OCC2)c1cccnc1. The van der Waals surface area contributed by atoms with Crippen LogP contribution in [0.2, 0.25) is 0 Å². The number of carbonyl (C=O) groups is 1. The van der Waals surface area contributed by atoms with Gasteiger partial charge in [-0.15, -0.1) is 0 Å². The van der Waals surface area contributed by atoms with Gasteiger partial charge in [-0.2, -0.15) is 0 Å². The van der Waals surface area contributed by atoms with Crippen LogP contribution in [0, 0.1) is 0 Å². The molecule has 1 N–H and O–H groups in total. The average Bonchev–Trinajstić information content (AvgIpc) is 2.89. The fraction of sp³-hybridized carbons (Fsp3) is 0.143. The second kappa shape index (κ2) is 4.49. The summed E-state index contributed by atoms with van der Waals surface area (Å²) in [6.07, 6.45) is 4.07. The maximum atomic E-state index is 12.0. The minimum Gasteiger partial charge on any atom is -0.491 e. The van der Waals surface area contributed by atoms with Crippen LogP contribution in [0.1, 0.15) is 15.9 Å². The smallest absolute Gasteiger partial charge is 0.257 e. The van der Waals surface area contributed by atoms with Crippen LogP contribution in [0.25, 0.3) is 0 Å². The standard InChI is InChI=1S/C14H12N2O2/c17-14(11-4-2-7-15-9-11)16-12-5-1-3-10-6-8-18-13(10)12/h1-5,7,9H,6,8H2,(H,16,17). The fourth-order valence-corrected chi connectivity index (χ4v) is 2.01. The van der Waals surface area contributed by atoms with Gasteiger partial charge in [0.05, 0.1) is 17.9 Å². The lowest BCUT2D eigenvalue weighted by Crippen LogP contribution is -2.12. The number of aromatic nitrogens is 1. The normalized spacial score (nSPS) is 12.7. The Bertz CT molecular complexity index is 582. The summed E-state index contributed by atoms with van der Waals surface area (Å²) in [5.41, 5.74) is 2.39. The van der Waals surface area contributed by atoms with E-state index in [0.717, 1.165) is 23.4 Å². The lowest BCUT2D eigenvalue weighted by molar-refractivity contribution is 0.102. The third kappa shape index (κ3) is 1.93. The third-order valence-corrected chi connectivity index (χ3v) is 2.89. The number of para-hydroxylation sites is 1. The predicted molar refractivity (Wildman–Crippen MR) is 67.8 cm³/mol. The maximum absolute atomic E-state index is 12.0. The molecule has 2 aromatic rings. The Morgan fingerprint density at radius 1 is 1.28 bits per heavy atom. The highest BCUT2D eigenvalue weighted by Gasteiger charge is 2.17. The molecular weight excluding hydrogens is 228 g/mol. The molecule has 0 aliphatic carbocycles. The average molecular weight is 240 g/mol. The van der Waals surface area contributed by atoms with Gasteiger partial charge in [0.15, 0.2) is 0 Å². The molecule has 0 spiro atoms. The zero-order chi connectivity index (χ0) is 12.4. The van der Waals surface area contributed by atoms with Gasteiger partial charge < -0.3 is 10.1 Å². The molecule has 1 amide bonds. The fourth-order valence-electron chi connectivity index (χ4n) is 2.01. The van der Waals surface area contributed by atoms with Gasteiger partial charge in [0.1, 0.15) is 5.75 Å². The summed E-state index contributed by atoms with van der Waals surface area (Å²) in [7, 11) is 0. The third-order valence-electron chi connectivity index (χ3n) is 2.89. The van der Waals surface area contributed by atoms with Crippen LogP contribution >= 0.6 is 0 Å². The number of benzene rings is 1. The second-order valence-corrected chi connectivity index (χ2v) is 4.09. The Morgan fingerprint density at radius 3 is 3.06 bits per heavy atom. The number of nitrogens with zero attached hydrogens (tertiary/aromatic N) is 1. The van der Waals surface area contributed by atoms with Crippen molar-refractivity contribution < 1.29 is 9.53 Å². The van der Waals surface area contributed by atoms with E-state index in [1.54, 1.807) is 24.5 Å². The van der Waals surface area contributed by atoms with Crippen molar-refractivity contribution >= 4 is 11.6 Å². The molecule has 90 valence electrons. The second-order valence-electron chi connectivity index (χ2n) is 4.09. The Labute approximate surface area is 105 Å². The number of pyridine rings is 1. The van der Waals surface area contributed by atoms with Gasteiger partial charge in [0, 0.05) is 18.8 Å². The number of rotatable bonds is 2. The van der Waals surface area contributed by atoms with Crippen molar-refractivity contribution in [2.45, 2.75) is 6.42 Å². The molecule has 4 nitrogen and oxygen atoms in total. The molecule has 18 heavy (non-hydrogen) atoms. The summed E-state index contributed by atoms with van der Waals surface area (Å²) in [5.74, 6) is 0.613. The van der Waals surface area contributed by atoms with E-state index < -0.39 is 0 Å². The van der Waals surface area contributed by atoms with Crippen LogP contribution in [0.3, 0.4) is 0 Å². The van der Waals surface area contributed by atoms with Crippen LogP contribution < -0.4 is 10.1 Å². The van der Waals surface area contributed by atoms with Crippen LogP contribution in [-0.2, 0) is 6.42 Å². The first kappa shape index (κ1) is 10.8. The topological polar surface area (TPSA) is 51.2 Å². The van der Waals surface area contributed by atoms with Crippen molar-refractivity contribution in [1.82, 2.24) is 4.98 Å². The number of hydrogen-bond acceptors (Lipinski definition) is 3. The minimum atomic E-state index is -0.174. The van der Waals surface area contributed by atoms with Crippen molar-refractivity contribution in [2.24, 2.45) is 0 Å². The predicted octanol–water partition coefficient (Wildman–Crippen LogP) is 2.27. The molecule has 0 saturated carbocycles. The minimum absolute atomic E-state index is 0.174. The number of fused-ring (bicyclic) bond motifs is 1. The van der Waals surface area contributed by atoms with Crippen LogP contribution in [0.4, 0.5) is 5.69 Å². The van der Waals surface area contributed by atoms with Crippen LogP contribution in [0.15, 0.2) is 42.7 Å². The maximum Gasteiger partial charge on any atom is 0.257 e. The Hall–Kier alpha value is -2.36. The first-order valence-electron chi connectivity index (χ1n) is 5.80. The molecule has 1 aromatic heterocycles. The van der Waals surface area contributed by atoms with Crippen molar-refractivity contribution in [3.8, 4) is 5.75 Å². The van der Waals surface area contributed by atoms with Crippen LogP contribution in [-0.4, -0.2) is 17.5 Å². The molecule has 0 bridgehead atoms. The van der Waals surface area contributed by atoms with Gasteiger partial charge >= 0.3 is 0 Å². The highest BCUT2D eigenvalue weighted by Crippen LogP contribution is 2.33. The number of carbonyl (C=O) groups excluding carboxylic acids is 1. The zero-order valence-electron chi connectivity index (χ0n) is 9.72. The molecule has 0 atom stereocenters. The van der Waals surface area contributed by atoms with E-state index in [4.69, 9.17) is 4.74 Å². The van der Waals surface area contributed by atoms with Gasteiger partial charge in [-0.05, 0) is 23.8 Å². The number of amides is 1. The first-order valence-corrected chi connectivity index (χ1v) is 5.80. The molecule has 0 saturated heterocycles. The first-order chi connectivity index (χ1) is 8.84. The van der Waals surface area contributed by atoms with Gasteiger partial charge in [-0.3, -0.25) is 9.78 Å². The van der Waals surface area contributed by atoms with E-state index in [-0.39, 0.29) is 5.91 Å². The molecule has 0 unspecified atom stereocenters. The van der Waals surface area contributed by atoms with E-state index in [1.165, 1.54) is 0 Å². The monoisotopic (exact) mass is 240 g/mol.